The topological polar surface area (TPSA) is 67.3 Å². The first kappa shape index (κ1) is 23.0. The maximum Gasteiger partial charge on any atom is 0.253 e. The SMILES string of the molecule is O=C(c1cccc(-c2cc(Oc3ccc4nc(NC5CCCCC5)sc4c3)ccn2)c1)N1CCCC1. The summed E-state index contributed by atoms with van der Waals surface area (Å²) < 4.78 is 7.31. The van der Waals surface area contributed by atoms with Crippen LogP contribution in [0.1, 0.15) is 55.3 Å². The number of rotatable bonds is 6. The maximum absolute atomic E-state index is 12.8. The molecule has 0 unspecified atom stereocenters. The van der Waals surface area contributed by atoms with Gasteiger partial charge in [-0.3, -0.25) is 9.78 Å². The Balaban J connectivity index is 1.18. The molecule has 1 N–H and O–H groups in total. The van der Waals surface area contributed by atoms with Crippen LogP contribution in [0.15, 0.2) is 60.8 Å². The summed E-state index contributed by atoms with van der Waals surface area (Å²) >= 11 is 1.68. The third-order valence-electron chi connectivity index (χ3n) is 7.06. The molecule has 184 valence electrons. The van der Waals surface area contributed by atoms with Crippen molar-refractivity contribution in [3.05, 3.63) is 66.4 Å². The van der Waals surface area contributed by atoms with Crippen LogP contribution < -0.4 is 10.1 Å². The molecule has 1 saturated carbocycles. The van der Waals surface area contributed by atoms with E-state index in [1.807, 2.05) is 53.4 Å². The Morgan fingerprint density at radius 2 is 1.78 bits per heavy atom. The first-order valence-corrected chi connectivity index (χ1v) is 13.7. The van der Waals surface area contributed by atoms with Gasteiger partial charge < -0.3 is 15.0 Å². The summed E-state index contributed by atoms with van der Waals surface area (Å²) in [6.45, 7) is 1.68. The van der Waals surface area contributed by atoms with Crippen LogP contribution >= 0.6 is 11.3 Å². The molecular weight excluding hydrogens is 468 g/mol. The van der Waals surface area contributed by atoms with Crippen LogP contribution in [-0.2, 0) is 0 Å². The minimum absolute atomic E-state index is 0.0944. The normalized spacial score (nSPS) is 16.4. The average molecular weight is 499 g/mol. The minimum Gasteiger partial charge on any atom is -0.457 e. The van der Waals surface area contributed by atoms with Gasteiger partial charge in [0.2, 0.25) is 0 Å². The first-order valence-electron chi connectivity index (χ1n) is 12.9. The Bertz CT molecular complexity index is 1370. The molecule has 2 fully saturated rings. The number of benzene rings is 2. The lowest BCUT2D eigenvalue weighted by molar-refractivity contribution is 0.0793. The Morgan fingerprint density at radius 1 is 0.944 bits per heavy atom. The third-order valence-corrected chi connectivity index (χ3v) is 8.01. The molecule has 6 nitrogen and oxygen atoms in total. The highest BCUT2D eigenvalue weighted by atomic mass is 32.1. The van der Waals surface area contributed by atoms with Crippen LogP contribution in [0.5, 0.6) is 11.5 Å². The van der Waals surface area contributed by atoms with E-state index in [4.69, 9.17) is 9.72 Å². The molecule has 2 aromatic heterocycles. The number of hydrogen-bond donors (Lipinski definition) is 1. The summed E-state index contributed by atoms with van der Waals surface area (Å²) in [4.78, 5) is 24.1. The van der Waals surface area contributed by atoms with Crippen LogP contribution in [0.2, 0.25) is 0 Å². The molecule has 4 aromatic rings. The van der Waals surface area contributed by atoms with Gasteiger partial charge in [-0.25, -0.2) is 4.98 Å². The largest absolute Gasteiger partial charge is 0.457 e. The number of carbonyl (C=O) groups is 1. The number of hydrogen-bond acceptors (Lipinski definition) is 6. The van der Waals surface area contributed by atoms with E-state index in [9.17, 15) is 4.79 Å². The molecule has 0 bridgehead atoms. The summed E-state index contributed by atoms with van der Waals surface area (Å²) in [6, 6.07) is 18.1. The standard InChI is InChI=1S/C29H30N4O2S/c34-28(33-15-4-5-16-33)21-8-6-7-20(17-21)26-18-24(13-14-30-26)35-23-11-12-25-27(19-23)36-29(32-25)31-22-9-2-1-3-10-22/h6-8,11-14,17-19,22H,1-5,9-10,15-16H2,(H,31,32). The highest BCUT2D eigenvalue weighted by Crippen LogP contribution is 2.33. The van der Waals surface area contributed by atoms with Gasteiger partial charge in [0.1, 0.15) is 11.5 Å². The van der Waals surface area contributed by atoms with Crippen LogP contribution in [0.3, 0.4) is 0 Å². The second-order valence-electron chi connectivity index (χ2n) is 9.69. The lowest BCUT2D eigenvalue weighted by atomic mass is 9.96. The molecule has 1 saturated heterocycles. The van der Waals surface area contributed by atoms with Gasteiger partial charge in [-0.1, -0.05) is 42.7 Å². The summed E-state index contributed by atoms with van der Waals surface area (Å²) in [5, 5.41) is 4.62. The number of anilines is 1. The molecule has 1 aliphatic carbocycles. The zero-order valence-electron chi connectivity index (χ0n) is 20.3. The minimum atomic E-state index is 0.0944. The van der Waals surface area contributed by atoms with Gasteiger partial charge in [-0.15, -0.1) is 0 Å². The summed E-state index contributed by atoms with van der Waals surface area (Å²) in [6.07, 6.45) is 10.3. The van der Waals surface area contributed by atoms with Gasteiger partial charge in [0.05, 0.1) is 15.9 Å². The van der Waals surface area contributed by atoms with Crippen LogP contribution in [0.25, 0.3) is 21.5 Å². The predicted molar refractivity (Wildman–Crippen MR) is 145 cm³/mol. The number of pyridine rings is 1. The number of likely N-dealkylation sites (tertiary alicyclic amines) is 1. The highest BCUT2D eigenvalue weighted by molar-refractivity contribution is 7.22. The Labute approximate surface area is 215 Å². The van der Waals surface area contributed by atoms with E-state index in [1.54, 1.807) is 17.5 Å². The van der Waals surface area contributed by atoms with Crippen LogP contribution in [0, 0.1) is 0 Å². The van der Waals surface area contributed by atoms with E-state index in [-0.39, 0.29) is 5.91 Å². The number of fused-ring (bicyclic) bond motifs is 1. The zero-order valence-corrected chi connectivity index (χ0v) is 21.1. The van der Waals surface area contributed by atoms with E-state index in [2.05, 4.69) is 16.4 Å². The van der Waals surface area contributed by atoms with Crippen molar-refractivity contribution in [2.45, 2.75) is 51.0 Å². The zero-order chi connectivity index (χ0) is 24.3. The molecule has 2 aromatic carbocycles. The summed E-state index contributed by atoms with van der Waals surface area (Å²) in [5.41, 5.74) is 3.37. The number of amides is 1. The van der Waals surface area contributed by atoms with Crippen LogP contribution in [-0.4, -0.2) is 39.9 Å². The fourth-order valence-corrected chi connectivity index (χ4v) is 6.11. The molecule has 3 heterocycles. The van der Waals surface area contributed by atoms with Crippen molar-refractivity contribution in [2.75, 3.05) is 18.4 Å². The third kappa shape index (κ3) is 5.07. The second kappa shape index (κ2) is 10.3. The molecule has 0 atom stereocenters. The van der Waals surface area contributed by atoms with Crippen molar-refractivity contribution in [3.8, 4) is 22.8 Å². The predicted octanol–water partition coefficient (Wildman–Crippen LogP) is 7.13. The van der Waals surface area contributed by atoms with E-state index < -0.39 is 0 Å². The molecule has 0 radical (unpaired) electrons. The smallest absolute Gasteiger partial charge is 0.253 e. The van der Waals surface area contributed by atoms with Crippen molar-refractivity contribution in [2.24, 2.45) is 0 Å². The molecule has 1 amide bonds. The second-order valence-corrected chi connectivity index (χ2v) is 10.7. The number of aromatic nitrogens is 2. The summed E-state index contributed by atoms with van der Waals surface area (Å²) in [5.74, 6) is 1.57. The fourth-order valence-electron chi connectivity index (χ4n) is 5.13. The quantitative estimate of drug-likeness (QED) is 0.306. The van der Waals surface area contributed by atoms with Crippen molar-refractivity contribution in [1.29, 1.82) is 0 Å². The molecule has 6 rings (SSSR count). The maximum atomic E-state index is 12.8. The van der Waals surface area contributed by atoms with Gasteiger partial charge in [0.15, 0.2) is 5.13 Å². The molecule has 1 aliphatic heterocycles. The Morgan fingerprint density at radius 3 is 2.64 bits per heavy atom. The average Bonchev–Trinajstić information content (AvgIpc) is 3.59. The van der Waals surface area contributed by atoms with Crippen molar-refractivity contribution in [1.82, 2.24) is 14.9 Å². The van der Waals surface area contributed by atoms with E-state index in [0.717, 1.165) is 58.3 Å². The number of thiazole rings is 1. The van der Waals surface area contributed by atoms with Crippen molar-refractivity contribution in [3.63, 3.8) is 0 Å². The van der Waals surface area contributed by atoms with E-state index in [1.165, 1.54) is 32.1 Å². The summed E-state index contributed by atoms with van der Waals surface area (Å²) in [7, 11) is 0. The van der Waals surface area contributed by atoms with Gasteiger partial charge >= 0.3 is 0 Å². The van der Waals surface area contributed by atoms with Gasteiger partial charge in [-0.05, 0) is 56.0 Å². The van der Waals surface area contributed by atoms with E-state index >= 15 is 0 Å². The first-order chi connectivity index (χ1) is 17.7. The monoisotopic (exact) mass is 498 g/mol. The van der Waals surface area contributed by atoms with Crippen LogP contribution in [0.4, 0.5) is 5.13 Å². The number of nitrogens with one attached hydrogen (secondary N) is 1. The number of carbonyl (C=O) groups excluding carboxylic acids is 1. The lowest BCUT2D eigenvalue weighted by Crippen LogP contribution is -2.27. The van der Waals surface area contributed by atoms with Crippen molar-refractivity contribution < 1.29 is 9.53 Å². The number of ether oxygens (including phenoxy) is 1. The molecule has 0 spiro atoms. The van der Waals surface area contributed by atoms with Crippen molar-refractivity contribution >= 4 is 32.6 Å². The molecular formula is C29H30N4O2S. The Kier molecular flexibility index (Phi) is 6.55. The van der Waals surface area contributed by atoms with Gasteiger partial charge in [-0.2, -0.15) is 0 Å². The highest BCUT2D eigenvalue weighted by Gasteiger charge is 2.20. The molecule has 36 heavy (non-hydrogen) atoms. The van der Waals surface area contributed by atoms with E-state index in [0.29, 0.717) is 17.4 Å². The lowest BCUT2D eigenvalue weighted by Gasteiger charge is -2.22. The fraction of sp³-hybridized carbons (Fsp3) is 0.345. The van der Waals surface area contributed by atoms with Gasteiger partial charge in [0.25, 0.3) is 5.91 Å². The number of nitrogens with zero attached hydrogens (tertiary/aromatic N) is 3. The Hall–Kier alpha value is -3.45. The molecule has 2 aliphatic rings. The molecule has 7 heteroatoms. The van der Waals surface area contributed by atoms with Gasteiger partial charge in [0, 0.05) is 48.6 Å².